The summed E-state index contributed by atoms with van der Waals surface area (Å²) in [5.74, 6) is -0.0325. The summed E-state index contributed by atoms with van der Waals surface area (Å²) >= 11 is 0. The lowest BCUT2D eigenvalue weighted by molar-refractivity contribution is -0.138. The van der Waals surface area contributed by atoms with E-state index in [1.807, 2.05) is 0 Å². The highest BCUT2D eigenvalue weighted by molar-refractivity contribution is 5.69. The normalized spacial score (nSPS) is 27.2. The van der Waals surface area contributed by atoms with Gasteiger partial charge < -0.3 is 10.0 Å². The molecule has 2 rings (SSSR count). The highest BCUT2D eigenvalue weighted by Crippen LogP contribution is 2.27. The highest BCUT2D eigenvalue weighted by Gasteiger charge is 2.29. The van der Waals surface area contributed by atoms with Gasteiger partial charge in [-0.2, -0.15) is 0 Å². The lowest BCUT2D eigenvalue weighted by atomic mass is 9.97. The maximum atomic E-state index is 10.7. The molecule has 0 amide bonds. The molecule has 1 N–H and O–H groups in total. The van der Waals surface area contributed by atoms with E-state index in [0.29, 0.717) is 5.92 Å². The van der Waals surface area contributed by atoms with Gasteiger partial charge in [-0.1, -0.05) is 0 Å². The molecule has 0 bridgehead atoms. The van der Waals surface area contributed by atoms with Crippen molar-refractivity contribution >= 4 is 5.97 Å². The molecule has 1 saturated heterocycles. The topological polar surface area (TPSA) is 43.8 Å². The van der Waals surface area contributed by atoms with Crippen LogP contribution in [-0.2, 0) is 4.79 Å². The van der Waals surface area contributed by atoms with E-state index in [1.54, 1.807) is 0 Å². The second-order valence-corrected chi connectivity index (χ2v) is 5.31. The first-order valence-corrected chi connectivity index (χ1v) is 6.29. The number of hydrogen-bond donors (Lipinski definition) is 1. The van der Waals surface area contributed by atoms with E-state index in [9.17, 15) is 4.79 Å². The van der Waals surface area contributed by atoms with Crippen molar-refractivity contribution < 1.29 is 9.90 Å². The van der Waals surface area contributed by atoms with Gasteiger partial charge in [0.25, 0.3) is 0 Å². The largest absolute Gasteiger partial charge is 0.480 e. The first-order valence-electron chi connectivity index (χ1n) is 6.29. The zero-order chi connectivity index (χ0) is 11.5. The Morgan fingerprint density at radius 3 is 2.81 bits per heavy atom. The van der Waals surface area contributed by atoms with Crippen LogP contribution >= 0.6 is 0 Å². The van der Waals surface area contributed by atoms with Crippen LogP contribution < -0.4 is 0 Å². The lowest BCUT2D eigenvalue weighted by Crippen LogP contribution is -2.42. The molecule has 1 aliphatic heterocycles. The van der Waals surface area contributed by atoms with Crippen molar-refractivity contribution in [3.8, 4) is 0 Å². The molecule has 1 saturated carbocycles. The fourth-order valence-corrected chi connectivity index (χ4v) is 2.71. The molecular weight excluding hydrogens is 204 g/mol. The van der Waals surface area contributed by atoms with Gasteiger partial charge in [0, 0.05) is 19.1 Å². The molecule has 1 aliphatic carbocycles. The molecule has 0 unspecified atom stereocenters. The van der Waals surface area contributed by atoms with Crippen LogP contribution in [0.15, 0.2) is 0 Å². The molecule has 4 heteroatoms. The first kappa shape index (κ1) is 11.9. The smallest absolute Gasteiger partial charge is 0.317 e. The van der Waals surface area contributed by atoms with E-state index in [4.69, 9.17) is 5.11 Å². The number of carboxylic acids is 1. The van der Waals surface area contributed by atoms with E-state index in [2.05, 4.69) is 16.8 Å². The molecule has 0 aromatic carbocycles. The summed E-state index contributed by atoms with van der Waals surface area (Å²) in [5, 5.41) is 8.78. The fraction of sp³-hybridized carbons (Fsp3) is 0.917. The van der Waals surface area contributed by atoms with Gasteiger partial charge in [-0.15, -0.1) is 0 Å². The third kappa shape index (κ3) is 3.46. The van der Waals surface area contributed by atoms with Crippen LogP contribution in [0.2, 0.25) is 0 Å². The summed E-state index contributed by atoms with van der Waals surface area (Å²) in [6.07, 6.45) is 5.10. The maximum Gasteiger partial charge on any atom is 0.317 e. The van der Waals surface area contributed by atoms with Crippen molar-refractivity contribution in [3.05, 3.63) is 0 Å². The summed E-state index contributed by atoms with van der Waals surface area (Å²) in [5.41, 5.74) is 0. The van der Waals surface area contributed by atoms with Gasteiger partial charge in [0.05, 0.1) is 6.54 Å². The molecule has 4 nitrogen and oxygen atoms in total. The Bertz CT molecular complexity index is 253. The minimum Gasteiger partial charge on any atom is -0.480 e. The van der Waals surface area contributed by atoms with Gasteiger partial charge in [0.2, 0.25) is 0 Å². The average Bonchev–Trinajstić information content (AvgIpc) is 2.99. The number of carboxylic acid groups (broad SMARTS) is 1. The Morgan fingerprint density at radius 1 is 1.44 bits per heavy atom. The van der Waals surface area contributed by atoms with E-state index in [0.717, 1.165) is 32.1 Å². The molecule has 0 aromatic rings. The molecule has 1 atom stereocenters. The van der Waals surface area contributed by atoms with Crippen LogP contribution in [0.25, 0.3) is 0 Å². The van der Waals surface area contributed by atoms with Gasteiger partial charge >= 0.3 is 5.97 Å². The predicted molar refractivity (Wildman–Crippen MR) is 62.5 cm³/mol. The molecule has 0 aromatic heterocycles. The van der Waals surface area contributed by atoms with Gasteiger partial charge in [0.15, 0.2) is 0 Å². The highest BCUT2D eigenvalue weighted by atomic mass is 16.4. The number of rotatable bonds is 5. The van der Waals surface area contributed by atoms with Gasteiger partial charge in [-0.25, -0.2) is 0 Å². The second-order valence-electron chi connectivity index (χ2n) is 5.31. The third-order valence-corrected chi connectivity index (χ3v) is 3.68. The average molecular weight is 226 g/mol. The fourth-order valence-electron chi connectivity index (χ4n) is 2.71. The Balaban J connectivity index is 1.74. The number of piperidine rings is 1. The molecule has 16 heavy (non-hydrogen) atoms. The molecule has 2 fully saturated rings. The monoisotopic (exact) mass is 226 g/mol. The number of hydrogen-bond acceptors (Lipinski definition) is 3. The standard InChI is InChI=1S/C12H22N2O2/c1-13(11-4-5-11)7-10-3-2-6-14(8-10)9-12(15)16/h10-11H,2-9H2,1H3,(H,15,16)/t10-/m0/s1. The van der Waals surface area contributed by atoms with Crippen LogP contribution in [0.3, 0.4) is 0 Å². The minimum absolute atomic E-state index is 0.212. The van der Waals surface area contributed by atoms with Crippen molar-refractivity contribution in [1.82, 2.24) is 9.80 Å². The number of carbonyl (C=O) groups is 1. The lowest BCUT2D eigenvalue weighted by Gasteiger charge is -2.33. The van der Waals surface area contributed by atoms with Crippen molar-refractivity contribution in [1.29, 1.82) is 0 Å². The molecule has 2 aliphatic rings. The predicted octanol–water partition coefficient (Wildman–Crippen LogP) is 0.877. The van der Waals surface area contributed by atoms with Crippen molar-refractivity contribution in [2.24, 2.45) is 5.92 Å². The minimum atomic E-state index is -0.698. The van der Waals surface area contributed by atoms with E-state index >= 15 is 0 Å². The van der Waals surface area contributed by atoms with Crippen molar-refractivity contribution in [2.75, 3.05) is 33.2 Å². The number of likely N-dealkylation sites (tertiary alicyclic amines) is 1. The quantitative estimate of drug-likeness (QED) is 0.755. The third-order valence-electron chi connectivity index (χ3n) is 3.68. The molecule has 92 valence electrons. The van der Waals surface area contributed by atoms with Crippen molar-refractivity contribution in [3.63, 3.8) is 0 Å². The second kappa shape index (κ2) is 5.15. The first-order chi connectivity index (χ1) is 7.65. The van der Waals surface area contributed by atoms with E-state index < -0.39 is 5.97 Å². The van der Waals surface area contributed by atoms with Crippen LogP contribution in [0.1, 0.15) is 25.7 Å². The summed E-state index contributed by atoms with van der Waals surface area (Å²) in [6, 6.07) is 0.815. The molecule has 0 spiro atoms. The van der Waals surface area contributed by atoms with Crippen LogP contribution in [0.4, 0.5) is 0 Å². The zero-order valence-corrected chi connectivity index (χ0v) is 10.1. The van der Waals surface area contributed by atoms with Gasteiger partial charge in [-0.05, 0) is 45.2 Å². The van der Waals surface area contributed by atoms with E-state index in [-0.39, 0.29) is 6.54 Å². The number of aliphatic carboxylic acids is 1. The maximum absolute atomic E-state index is 10.7. The summed E-state index contributed by atoms with van der Waals surface area (Å²) in [4.78, 5) is 15.2. The van der Waals surface area contributed by atoms with Crippen LogP contribution in [0, 0.1) is 5.92 Å². The summed E-state index contributed by atoms with van der Waals surface area (Å²) in [7, 11) is 2.20. The van der Waals surface area contributed by atoms with Crippen molar-refractivity contribution in [2.45, 2.75) is 31.7 Å². The molecular formula is C12H22N2O2. The Morgan fingerprint density at radius 2 is 2.19 bits per heavy atom. The van der Waals surface area contributed by atoms with E-state index in [1.165, 1.54) is 19.3 Å². The molecule has 1 heterocycles. The van der Waals surface area contributed by atoms with Gasteiger partial charge in [-0.3, -0.25) is 9.69 Å². The molecule has 0 radical (unpaired) electrons. The summed E-state index contributed by atoms with van der Waals surface area (Å²) < 4.78 is 0. The Labute approximate surface area is 97.2 Å². The summed E-state index contributed by atoms with van der Waals surface area (Å²) in [6.45, 7) is 3.27. The Kier molecular flexibility index (Phi) is 3.82. The Hall–Kier alpha value is -0.610. The SMILES string of the molecule is CN(C[C@@H]1CCCN(CC(=O)O)C1)C1CC1. The van der Waals surface area contributed by atoms with Crippen LogP contribution in [-0.4, -0.2) is 60.1 Å². The zero-order valence-electron chi connectivity index (χ0n) is 10.1. The van der Waals surface area contributed by atoms with Gasteiger partial charge in [0.1, 0.15) is 0 Å². The number of nitrogens with zero attached hydrogens (tertiary/aromatic N) is 2. The van der Waals surface area contributed by atoms with Crippen LogP contribution in [0.5, 0.6) is 0 Å².